The molecule has 0 aromatic heterocycles. The molecule has 0 heterocycles. The molecule has 8 heteroatoms. The van der Waals surface area contributed by atoms with E-state index in [9.17, 15) is 14.9 Å². The molecule has 3 aromatic rings. The van der Waals surface area contributed by atoms with Gasteiger partial charge < -0.3 is 14.1 Å². The average Bonchev–Trinajstić information content (AvgIpc) is 2.88. The summed E-state index contributed by atoms with van der Waals surface area (Å²) in [7, 11) is -1.23. The second-order valence-corrected chi connectivity index (χ2v) is 14.2. The molecule has 0 saturated carbocycles. The molecule has 0 fully saturated rings. The van der Waals surface area contributed by atoms with Crippen molar-refractivity contribution < 1.29 is 18.9 Å². The van der Waals surface area contributed by atoms with Gasteiger partial charge >= 0.3 is 6.09 Å². The van der Waals surface area contributed by atoms with E-state index in [0.29, 0.717) is 5.56 Å². The Kier molecular flexibility index (Phi) is 9.02. The van der Waals surface area contributed by atoms with Crippen LogP contribution in [0.25, 0.3) is 0 Å². The van der Waals surface area contributed by atoms with E-state index in [0.717, 1.165) is 15.9 Å². The summed E-state index contributed by atoms with van der Waals surface area (Å²) in [4.78, 5) is 24.8. The van der Waals surface area contributed by atoms with Crippen LogP contribution in [0.4, 0.5) is 10.5 Å². The summed E-state index contributed by atoms with van der Waals surface area (Å²) in [6.45, 7) is 10.6. The monoisotopic (exact) mass is 518 g/mol. The number of benzene rings is 3. The van der Waals surface area contributed by atoms with Crippen molar-refractivity contribution in [3.8, 4) is 0 Å². The van der Waals surface area contributed by atoms with Crippen molar-refractivity contribution in [2.24, 2.45) is 0 Å². The number of hydrogen-bond donors (Lipinski definition) is 0. The molecule has 0 aliphatic rings. The van der Waals surface area contributed by atoms with E-state index in [1.54, 1.807) is 13.1 Å². The molecule has 37 heavy (non-hydrogen) atoms. The zero-order valence-corrected chi connectivity index (χ0v) is 22.8. The van der Waals surface area contributed by atoms with Crippen LogP contribution in [0.15, 0.2) is 91.5 Å². The largest absolute Gasteiger partial charge is 0.445 e. The molecule has 0 bridgehead atoms. The SMILES string of the molecule is C=CCOC(=O)N(C)Cc1cc([N+](=O)[O-])ccc1CO[Si](c1ccccc1)(c1ccccc1)C(C)(C)C. The Morgan fingerprint density at radius 2 is 1.57 bits per heavy atom. The summed E-state index contributed by atoms with van der Waals surface area (Å²) in [6, 6.07) is 25.2. The number of carbonyl (C=O) groups excluding carboxylic acids is 1. The molecule has 7 nitrogen and oxygen atoms in total. The first-order valence-electron chi connectivity index (χ1n) is 12.1. The number of amides is 1. The van der Waals surface area contributed by atoms with Crippen LogP contribution in [0.1, 0.15) is 31.9 Å². The van der Waals surface area contributed by atoms with Gasteiger partial charge in [0.05, 0.1) is 11.5 Å². The van der Waals surface area contributed by atoms with Gasteiger partial charge in [-0.2, -0.15) is 0 Å². The van der Waals surface area contributed by atoms with Crippen LogP contribution in [0, 0.1) is 10.1 Å². The summed E-state index contributed by atoms with van der Waals surface area (Å²) >= 11 is 0. The number of rotatable bonds is 10. The van der Waals surface area contributed by atoms with Gasteiger partial charge in [-0.1, -0.05) is 94.1 Å². The highest BCUT2D eigenvalue weighted by Crippen LogP contribution is 2.37. The third kappa shape index (κ3) is 6.33. The molecular weight excluding hydrogens is 484 g/mol. The Labute approximate surface area is 219 Å². The van der Waals surface area contributed by atoms with Crippen molar-refractivity contribution in [3.05, 3.63) is 113 Å². The normalized spacial score (nSPS) is 11.6. The van der Waals surface area contributed by atoms with Gasteiger partial charge in [0, 0.05) is 25.7 Å². The first kappa shape index (κ1) is 27.8. The Morgan fingerprint density at radius 1 is 1.00 bits per heavy atom. The van der Waals surface area contributed by atoms with Crippen molar-refractivity contribution in [1.82, 2.24) is 4.90 Å². The first-order valence-corrected chi connectivity index (χ1v) is 14.0. The van der Waals surface area contributed by atoms with Crippen LogP contribution in [-0.4, -0.2) is 37.9 Å². The van der Waals surface area contributed by atoms with Gasteiger partial charge in [-0.15, -0.1) is 0 Å². The number of nitro benzene ring substituents is 1. The molecule has 0 radical (unpaired) electrons. The number of nitro groups is 1. The fourth-order valence-electron chi connectivity index (χ4n) is 4.52. The predicted molar refractivity (Wildman–Crippen MR) is 149 cm³/mol. The lowest BCUT2D eigenvalue weighted by Gasteiger charge is -2.43. The predicted octanol–water partition coefficient (Wildman–Crippen LogP) is 5.43. The minimum atomic E-state index is -2.82. The van der Waals surface area contributed by atoms with E-state index in [2.05, 4.69) is 51.6 Å². The first-order chi connectivity index (χ1) is 17.6. The lowest BCUT2D eigenvalue weighted by atomic mass is 10.1. The van der Waals surface area contributed by atoms with Gasteiger partial charge in [-0.3, -0.25) is 10.1 Å². The highest BCUT2D eigenvalue weighted by Gasteiger charge is 2.50. The Balaban J connectivity index is 2.05. The fraction of sp³-hybridized carbons (Fsp3) is 0.276. The molecule has 0 saturated heterocycles. The summed E-state index contributed by atoms with van der Waals surface area (Å²) in [5.41, 5.74) is 1.37. The van der Waals surface area contributed by atoms with E-state index < -0.39 is 19.3 Å². The van der Waals surface area contributed by atoms with Crippen molar-refractivity contribution in [2.45, 2.75) is 39.0 Å². The van der Waals surface area contributed by atoms with Crippen LogP contribution in [0.5, 0.6) is 0 Å². The third-order valence-electron chi connectivity index (χ3n) is 6.31. The van der Waals surface area contributed by atoms with Gasteiger partial charge in [-0.05, 0) is 32.6 Å². The standard InChI is InChI=1S/C29H34N2O5Si/c1-6-19-35-28(32)30(5)21-24-20-25(31(33)34)18-17-23(24)22-36-37(29(2,3)4,26-13-9-7-10-14-26)27-15-11-8-12-16-27/h6-18,20H,1,19,21-22H2,2-5H3. The second-order valence-electron chi connectivity index (χ2n) is 9.88. The summed E-state index contributed by atoms with van der Waals surface area (Å²) < 4.78 is 12.1. The van der Waals surface area contributed by atoms with Gasteiger partial charge in [0.15, 0.2) is 0 Å². The number of ether oxygens (including phenoxy) is 1. The number of hydrogen-bond acceptors (Lipinski definition) is 5. The molecular formula is C29H34N2O5Si. The molecule has 0 aliphatic heterocycles. The van der Waals surface area contributed by atoms with E-state index in [1.807, 2.05) is 36.4 Å². The minimum absolute atomic E-state index is 0.0444. The van der Waals surface area contributed by atoms with Crippen LogP contribution in [-0.2, 0) is 22.3 Å². The molecule has 0 unspecified atom stereocenters. The fourth-order valence-corrected chi connectivity index (χ4v) is 9.05. The van der Waals surface area contributed by atoms with Crippen molar-refractivity contribution >= 4 is 30.5 Å². The van der Waals surface area contributed by atoms with Gasteiger partial charge in [0.2, 0.25) is 0 Å². The zero-order chi connectivity index (χ0) is 27.1. The van der Waals surface area contributed by atoms with Crippen LogP contribution in [0.3, 0.4) is 0 Å². The van der Waals surface area contributed by atoms with Crippen molar-refractivity contribution in [2.75, 3.05) is 13.7 Å². The average molecular weight is 519 g/mol. The second kappa shape index (κ2) is 12.0. The smallest absolute Gasteiger partial charge is 0.410 e. The lowest BCUT2D eigenvalue weighted by molar-refractivity contribution is -0.384. The molecule has 0 spiro atoms. The number of non-ortho nitro benzene ring substituents is 1. The van der Waals surface area contributed by atoms with E-state index in [4.69, 9.17) is 9.16 Å². The van der Waals surface area contributed by atoms with Crippen molar-refractivity contribution in [1.29, 1.82) is 0 Å². The lowest BCUT2D eigenvalue weighted by Crippen LogP contribution is -2.66. The quantitative estimate of drug-likeness (QED) is 0.155. The maximum absolute atomic E-state index is 12.4. The van der Waals surface area contributed by atoms with Gasteiger partial charge in [0.25, 0.3) is 14.0 Å². The highest BCUT2D eigenvalue weighted by atomic mass is 28.4. The van der Waals surface area contributed by atoms with Crippen LogP contribution < -0.4 is 10.4 Å². The van der Waals surface area contributed by atoms with Gasteiger partial charge in [-0.25, -0.2) is 4.79 Å². The summed E-state index contributed by atoms with van der Waals surface area (Å²) in [5.74, 6) is 0. The van der Waals surface area contributed by atoms with E-state index >= 15 is 0 Å². The molecule has 0 N–H and O–H groups in total. The maximum atomic E-state index is 12.4. The third-order valence-corrected chi connectivity index (χ3v) is 11.3. The molecule has 0 aliphatic carbocycles. The molecule has 194 valence electrons. The Bertz CT molecular complexity index is 1190. The van der Waals surface area contributed by atoms with Crippen molar-refractivity contribution in [3.63, 3.8) is 0 Å². The summed E-state index contributed by atoms with van der Waals surface area (Å²) in [5, 5.41) is 13.6. The van der Waals surface area contributed by atoms with Crippen LogP contribution >= 0.6 is 0 Å². The molecule has 3 aromatic carbocycles. The topological polar surface area (TPSA) is 81.9 Å². The number of nitrogens with zero attached hydrogens (tertiary/aromatic N) is 2. The highest BCUT2D eigenvalue weighted by molar-refractivity contribution is 6.99. The van der Waals surface area contributed by atoms with Gasteiger partial charge in [0.1, 0.15) is 6.61 Å². The number of carbonyl (C=O) groups is 1. The summed E-state index contributed by atoms with van der Waals surface area (Å²) in [6.07, 6.45) is 0.952. The minimum Gasteiger partial charge on any atom is -0.445 e. The maximum Gasteiger partial charge on any atom is 0.410 e. The zero-order valence-electron chi connectivity index (χ0n) is 21.8. The Morgan fingerprint density at radius 3 is 2.05 bits per heavy atom. The van der Waals surface area contributed by atoms with Crippen LogP contribution in [0.2, 0.25) is 5.04 Å². The van der Waals surface area contributed by atoms with E-state index in [1.165, 1.54) is 23.1 Å². The molecule has 1 amide bonds. The molecule has 0 atom stereocenters. The van der Waals surface area contributed by atoms with E-state index in [-0.39, 0.29) is 30.5 Å². The Hall–Kier alpha value is -3.75. The molecule has 3 rings (SSSR count).